The maximum Gasteiger partial charge on any atom is 0.258 e. The van der Waals surface area contributed by atoms with Gasteiger partial charge in [0, 0.05) is 5.56 Å². The minimum Gasteiger partial charge on any atom is -0.424 e. The van der Waals surface area contributed by atoms with Crippen molar-refractivity contribution in [2.24, 2.45) is 0 Å². The van der Waals surface area contributed by atoms with E-state index in [0.717, 1.165) is 10.4 Å². The van der Waals surface area contributed by atoms with Gasteiger partial charge in [0.25, 0.3) is 8.32 Å². The molecule has 0 bridgehead atoms. The fraction of sp³-hybridized carbons (Fsp3) is 0.308. The summed E-state index contributed by atoms with van der Waals surface area (Å²) in [5, 5.41) is 1.25. The normalized spacial score (nSPS) is 12.4. The van der Waals surface area contributed by atoms with Crippen LogP contribution >= 0.6 is 0 Å². The Morgan fingerprint density at radius 3 is 1.67 bits per heavy atom. The summed E-state index contributed by atoms with van der Waals surface area (Å²) in [5.41, 5.74) is 0.761. The quantitative estimate of drug-likeness (QED) is 0.493. The molecule has 0 aliphatic heterocycles. The summed E-state index contributed by atoms with van der Waals surface area (Å²) in [7, 11) is -3.19. The Labute approximate surface area is 179 Å². The third kappa shape index (κ3) is 4.25. The number of halogens is 2. The zero-order valence-corrected chi connectivity index (χ0v) is 19.1. The Kier molecular flexibility index (Phi) is 6.58. The van der Waals surface area contributed by atoms with Gasteiger partial charge in [-0.05, 0) is 51.9 Å². The Morgan fingerprint density at radius 1 is 0.833 bits per heavy atom. The molecule has 3 aromatic rings. The van der Waals surface area contributed by atoms with Crippen LogP contribution in [0.15, 0.2) is 72.8 Å². The van der Waals surface area contributed by atoms with Gasteiger partial charge in [-0.15, -0.1) is 0 Å². The first-order valence-electron chi connectivity index (χ1n) is 10.5. The van der Waals surface area contributed by atoms with E-state index < -0.39 is 25.0 Å². The highest BCUT2D eigenvalue weighted by atomic mass is 28.4. The van der Waals surface area contributed by atoms with Gasteiger partial charge in [-0.1, -0.05) is 88.4 Å². The van der Waals surface area contributed by atoms with Crippen molar-refractivity contribution >= 4 is 18.7 Å². The summed E-state index contributed by atoms with van der Waals surface area (Å²) < 4.78 is 29.4. The van der Waals surface area contributed by atoms with E-state index in [9.17, 15) is 13.6 Å². The van der Waals surface area contributed by atoms with E-state index >= 15 is 0 Å². The molecule has 0 aliphatic carbocycles. The highest BCUT2D eigenvalue weighted by Gasteiger charge is 2.49. The SMILES string of the molecule is CC(C)c1cc(F)c(CCC(C)(C)[Si](O)(c2ccccc2)c2ccccc2)c(F)c1. The van der Waals surface area contributed by atoms with Crippen LogP contribution in [0.3, 0.4) is 0 Å². The van der Waals surface area contributed by atoms with Crippen LogP contribution in [0.2, 0.25) is 5.04 Å². The van der Waals surface area contributed by atoms with E-state index in [2.05, 4.69) is 0 Å². The molecule has 0 fully saturated rings. The molecule has 1 nitrogen and oxygen atoms in total. The van der Waals surface area contributed by atoms with Crippen LogP contribution in [-0.2, 0) is 6.42 Å². The van der Waals surface area contributed by atoms with Gasteiger partial charge >= 0.3 is 0 Å². The molecule has 0 aromatic heterocycles. The molecule has 0 saturated carbocycles. The fourth-order valence-corrected chi connectivity index (χ4v) is 7.85. The molecule has 0 spiro atoms. The summed E-state index contributed by atoms with van der Waals surface area (Å²) in [4.78, 5) is 12.2. The van der Waals surface area contributed by atoms with E-state index in [1.54, 1.807) is 0 Å². The van der Waals surface area contributed by atoms with Crippen molar-refractivity contribution < 1.29 is 13.6 Å². The lowest BCUT2D eigenvalue weighted by atomic mass is 9.96. The van der Waals surface area contributed by atoms with Crippen LogP contribution < -0.4 is 10.4 Å². The van der Waals surface area contributed by atoms with E-state index in [1.165, 1.54) is 12.1 Å². The molecular formula is C26H30F2OSi. The molecule has 0 radical (unpaired) electrons. The number of hydrogen-bond acceptors (Lipinski definition) is 1. The Balaban J connectivity index is 1.98. The molecule has 1 N–H and O–H groups in total. The second-order valence-electron chi connectivity index (χ2n) is 8.94. The molecule has 0 aliphatic rings. The smallest absolute Gasteiger partial charge is 0.258 e. The van der Waals surface area contributed by atoms with Crippen LogP contribution in [0.5, 0.6) is 0 Å². The maximum absolute atomic E-state index is 14.7. The standard InChI is InChI=1S/C26H30F2OSi/c1-19(2)20-17-24(27)23(25(28)18-20)15-16-26(3,4)30(29,21-11-7-5-8-12-21)22-13-9-6-10-14-22/h5-14,17-19,29H,15-16H2,1-4H3. The van der Waals surface area contributed by atoms with Crippen LogP contribution in [0.4, 0.5) is 8.78 Å². The van der Waals surface area contributed by atoms with Crippen molar-refractivity contribution in [2.75, 3.05) is 0 Å². The van der Waals surface area contributed by atoms with Gasteiger partial charge in [0.2, 0.25) is 0 Å². The van der Waals surface area contributed by atoms with Gasteiger partial charge in [0.15, 0.2) is 0 Å². The van der Waals surface area contributed by atoms with E-state index in [1.807, 2.05) is 88.4 Å². The van der Waals surface area contributed by atoms with Gasteiger partial charge in [-0.3, -0.25) is 0 Å². The Bertz CT molecular complexity index is 922. The third-order valence-electron chi connectivity index (χ3n) is 6.19. The molecule has 30 heavy (non-hydrogen) atoms. The van der Waals surface area contributed by atoms with Crippen LogP contribution in [-0.4, -0.2) is 13.1 Å². The monoisotopic (exact) mass is 424 g/mol. The largest absolute Gasteiger partial charge is 0.424 e. The van der Waals surface area contributed by atoms with Crippen molar-refractivity contribution in [3.05, 3.63) is 95.6 Å². The average molecular weight is 425 g/mol. The van der Waals surface area contributed by atoms with Crippen molar-refractivity contribution in [1.29, 1.82) is 0 Å². The summed E-state index contributed by atoms with van der Waals surface area (Å²) in [5.74, 6) is -0.939. The van der Waals surface area contributed by atoms with Gasteiger partial charge in [0.1, 0.15) is 11.6 Å². The van der Waals surface area contributed by atoms with Gasteiger partial charge in [-0.25, -0.2) is 8.78 Å². The highest BCUT2D eigenvalue weighted by Crippen LogP contribution is 2.40. The molecule has 0 unspecified atom stereocenters. The summed E-state index contributed by atoms with van der Waals surface area (Å²) in [6.45, 7) is 7.86. The maximum atomic E-state index is 14.7. The molecule has 3 aromatic carbocycles. The first kappa shape index (κ1) is 22.4. The molecular weight excluding hydrogens is 394 g/mol. The molecule has 0 heterocycles. The topological polar surface area (TPSA) is 20.2 Å². The number of hydrogen-bond donors (Lipinski definition) is 1. The van der Waals surface area contributed by atoms with E-state index in [4.69, 9.17) is 0 Å². The third-order valence-corrected chi connectivity index (χ3v) is 10.7. The fourth-order valence-electron chi connectivity index (χ4n) is 4.12. The summed E-state index contributed by atoms with van der Waals surface area (Å²) in [6.07, 6.45) is 0.701. The minimum absolute atomic E-state index is 0.0631. The average Bonchev–Trinajstić information content (AvgIpc) is 2.73. The molecule has 0 saturated heterocycles. The molecule has 0 amide bonds. The van der Waals surface area contributed by atoms with E-state index in [-0.39, 0.29) is 17.9 Å². The lowest BCUT2D eigenvalue weighted by Gasteiger charge is -2.41. The second-order valence-corrected chi connectivity index (χ2v) is 12.9. The highest BCUT2D eigenvalue weighted by molar-refractivity contribution is 6.98. The first-order chi connectivity index (χ1) is 14.2. The van der Waals surface area contributed by atoms with Crippen molar-refractivity contribution in [3.8, 4) is 0 Å². The van der Waals surface area contributed by atoms with Crippen molar-refractivity contribution in [2.45, 2.75) is 51.5 Å². The molecule has 0 atom stereocenters. The minimum atomic E-state index is -3.19. The summed E-state index contributed by atoms with van der Waals surface area (Å²) >= 11 is 0. The van der Waals surface area contributed by atoms with Crippen molar-refractivity contribution in [1.82, 2.24) is 0 Å². The first-order valence-corrected chi connectivity index (χ1v) is 12.4. The van der Waals surface area contributed by atoms with Gasteiger partial charge < -0.3 is 4.80 Å². The predicted octanol–water partition coefficient (Wildman–Crippen LogP) is 5.55. The van der Waals surface area contributed by atoms with Crippen LogP contribution in [0.25, 0.3) is 0 Å². The van der Waals surface area contributed by atoms with Gasteiger partial charge in [0.05, 0.1) is 0 Å². The van der Waals surface area contributed by atoms with E-state index in [0.29, 0.717) is 12.0 Å². The predicted molar refractivity (Wildman–Crippen MR) is 123 cm³/mol. The molecule has 158 valence electrons. The number of rotatable bonds is 7. The second kappa shape index (κ2) is 8.82. The Hall–Kier alpha value is -2.30. The van der Waals surface area contributed by atoms with Gasteiger partial charge in [-0.2, -0.15) is 0 Å². The zero-order chi connectivity index (χ0) is 21.9. The lowest BCUT2D eigenvalue weighted by molar-refractivity contribution is 0.457. The molecule has 4 heteroatoms. The summed E-state index contributed by atoms with van der Waals surface area (Å²) in [6, 6.07) is 22.3. The molecule has 3 rings (SSSR count). The zero-order valence-electron chi connectivity index (χ0n) is 18.1. The lowest BCUT2D eigenvalue weighted by Crippen LogP contribution is -2.65. The van der Waals surface area contributed by atoms with Crippen LogP contribution in [0, 0.1) is 11.6 Å². The van der Waals surface area contributed by atoms with Crippen molar-refractivity contribution in [3.63, 3.8) is 0 Å². The Morgan fingerprint density at radius 2 is 1.27 bits per heavy atom. The number of benzene rings is 3. The van der Waals surface area contributed by atoms with Crippen LogP contribution in [0.1, 0.15) is 51.2 Å².